The van der Waals surface area contributed by atoms with Crippen LogP contribution in [0.1, 0.15) is 25.0 Å². The predicted octanol–water partition coefficient (Wildman–Crippen LogP) is 2.57. The molecule has 7 nitrogen and oxygen atoms in total. The summed E-state index contributed by atoms with van der Waals surface area (Å²) in [5.74, 6) is 2.63. The number of aliphatic imine (C=N–C) groups is 1. The third-order valence-corrected chi connectivity index (χ3v) is 4.73. The molecule has 2 N–H and O–H groups in total. The monoisotopic (exact) mass is 397 g/mol. The number of nitrogens with zero attached hydrogens (tertiary/aromatic N) is 3. The Balaban J connectivity index is 1.57. The van der Waals surface area contributed by atoms with Crippen molar-refractivity contribution in [1.29, 1.82) is 0 Å². The fraction of sp³-hybridized carbons (Fsp3) is 0.455. The molecule has 1 aliphatic rings. The van der Waals surface area contributed by atoms with Crippen molar-refractivity contribution in [1.82, 2.24) is 15.6 Å². The highest BCUT2D eigenvalue weighted by Crippen LogP contribution is 2.16. The topological polar surface area (TPSA) is 71.0 Å². The Hall–Kier alpha value is -2.80. The molecule has 2 heterocycles. The van der Waals surface area contributed by atoms with Gasteiger partial charge in [-0.1, -0.05) is 18.2 Å². The van der Waals surface area contributed by atoms with Gasteiger partial charge in [0.15, 0.2) is 5.96 Å². The second-order valence-corrected chi connectivity index (χ2v) is 7.05. The minimum Gasteiger partial charge on any atom is -0.497 e. The van der Waals surface area contributed by atoms with Crippen LogP contribution >= 0.6 is 0 Å². The van der Waals surface area contributed by atoms with Crippen LogP contribution < -0.4 is 20.3 Å². The summed E-state index contributed by atoms with van der Waals surface area (Å²) in [6.45, 7) is 8.71. The number of morpholine rings is 1. The number of rotatable bonds is 7. The lowest BCUT2D eigenvalue weighted by Crippen LogP contribution is -2.41. The molecule has 0 saturated carbocycles. The van der Waals surface area contributed by atoms with Crippen LogP contribution in [0.3, 0.4) is 0 Å². The lowest BCUT2D eigenvalue weighted by molar-refractivity contribution is 0.0529. The Morgan fingerprint density at radius 3 is 2.90 bits per heavy atom. The molecular formula is C22H31N5O2. The van der Waals surface area contributed by atoms with Crippen molar-refractivity contribution in [3.63, 3.8) is 0 Å². The number of aromatic nitrogens is 1. The van der Waals surface area contributed by atoms with E-state index >= 15 is 0 Å². The molecule has 0 radical (unpaired) electrons. The number of benzene rings is 1. The molecule has 29 heavy (non-hydrogen) atoms. The van der Waals surface area contributed by atoms with E-state index < -0.39 is 0 Å². The van der Waals surface area contributed by atoms with Crippen molar-refractivity contribution in [2.24, 2.45) is 4.99 Å². The highest BCUT2D eigenvalue weighted by molar-refractivity contribution is 5.79. The van der Waals surface area contributed by atoms with Crippen LogP contribution in [0.25, 0.3) is 0 Å². The van der Waals surface area contributed by atoms with E-state index in [-0.39, 0.29) is 6.10 Å². The van der Waals surface area contributed by atoms with Crippen molar-refractivity contribution < 1.29 is 9.47 Å². The number of methoxy groups -OCH3 is 1. The fourth-order valence-electron chi connectivity index (χ4n) is 3.20. The molecule has 156 valence electrons. The Bertz CT molecular complexity index is 794. The first kappa shape index (κ1) is 20.9. The molecule has 1 fully saturated rings. The van der Waals surface area contributed by atoms with Gasteiger partial charge in [0.2, 0.25) is 0 Å². The maximum atomic E-state index is 5.60. The molecule has 1 unspecified atom stereocenters. The zero-order valence-corrected chi connectivity index (χ0v) is 17.5. The number of anilines is 1. The van der Waals surface area contributed by atoms with Crippen molar-refractivity contribution in [2.75, 3.05) is 38.3 Å². The van der Waals surface area contributed by atoms with E-state index in [1.165, 1.54) is 0 Å². The van der Waals surface area contributed by atoms with Gasteiger partial charge in [-0.2, -0.15) is 0 Å². The second-order valence-electron chi connectivity index (χ2n) is 7.05. The van der Waals surface area contributed by atoms with E-state index in [1.54, 1.807) is 7.11 Å². The van der Waals surface area contributed by atoms with Gasteiger partial charge in [-0.25, -0.2) is 9.98 Å². The minimum absolute atomic E-state index is 0.244. The highest BCUT2D eigenvalue weighted by Gasteiger charge is 2.17. The maximum absolute atomic E-state index is 5.60. The normalized spacial score (nSPS) is 17.1. The lowest BCUT2D eigenvalue weighted by Gasteiger charge is -2.32. The van der Waals surface area contributed by atoms with Crippen LogP contribution in [-0.2, 0) is 17.8 Å². The maximum Gasteiger partial charge on any atom is 0.191 e. The molecule has 1 atom stereocenters. The number of nitrogens with one attached hydrogen (secondary N) is 2. The quantitative estimate of drug-likeness (QED) is 0.553. The Morgan fingerprint density at radius 1 is 1.28 bits per heavy atom. The molecule has 3 rings (SSSR count). The summed E-state index contributed by atoms with van der Waals surface area (Å²) in [5, 5.41) is 6.65. The molecule has 0 aliphatic carbocycles. The summed E-state index contributed by atoms with van der Waals surface area (Å²) < 4.78 is 10.9. The molecule has 7 heteroatoms. The second kappa shape index (κ2) is 10.7. The average Bonchev–Trinajstić information content (AvgIpc) is 2.76. The van der Waals surface area contributed by atoms with Gasteiger partial charge in [0.25, 0.3) is 0 Å². The number of pyridine rings is 1. The third kappa shape index (κ3) is 6.35. The summed E-state index contributed by atoms with van der Waals surface area (Å²) in [7, 11) is 1.68. The number of hydrogen-bond acceptors (Lipinski definition) is 5. The fourth-order valence-corrected chi connectivity index (χ4v) is 3.20. The molecule has 1 aromatic carbocycles. The zero-order chi connectivity index (χ0) is 20.5. The Labute approximate surface area is 173 Å². The van der Waals surface area contributed by atoms with Gasteiger partial charge < -0.3 is 25.0 Å². The first-order valence-electron chi connectivity index (χ1n) is 10.1. The van der Waals surface area contributed by atoms with Crippen molar-refractivity contribution in [3.8, 4) is 5.75 Å². The van der Waals surface area contributed by atoms with E-state index in [2.05, 4.69) is 57.6 Å². The largest absolute Gasteiger partial charge is 0.497 e. The summed E-state index contributed by atoms with van der Waals surface area (Å²) in [6, 6.07) is 12.2. The van der Waals surface area contributed by atoms with Gasteiger partial charge in [0.05, 0.1) is 26.4 Å². The minimum atomic E-state index is 0.244. The van der Waals surface area contributed by atoms with Crippen LogP contribution in [0, 0.1) is 0 Å². The molecule has 0 spiro atoms. The lowest BCUT2D eigenvalue weighted by atomic mass is 10.2. The first-order chi connectivity index (χ1) is 14.2. The highest BCUT2D eigenvalue weighted by atomic mass is 16.5. The zero-order valence-electron chi connectivity index (χ0n) is 17.5. The van der Waals surface area contributed by atoms with Crippen molar-refractivity contribution in [2.45, 2.75) is 33.0 Å². The SMILES string of the molecule is CCNC(=NCc1ccc(N2CCOC(C)C2)nc1)NCc1cccc(OC)c1. The van der Waals surface area contributed by atoms with Gasteiger partial charge >= 0.3 is 0 Å². The van der Waals surface area contributed by atoms with Crippen LogP contribution in [0.2, 0.25) is 0 Å². The first-order valence-corrected chi connectivity index (χ1v) is 10.1. The van der Waals surface area contributed by atoms with Gasteiger partial charge in [-0.15, -0.1) is 0 Å². The summed E-state index contributed by atoms with van der Waals surface area (Å²) in [5.41, 5.74) is 2.22. The van der Waals surface area contributed by atoms with Crippen LogP contribution in [0.15, 0.2) is 47.6 Å². The van der Waals surface area contributed by atoms with Crippen LogP contribution in [0.4, 0.5) is 5.82 Å². The predicted molar refractivity (Wildman–Crippen MR) is 117 cm³/mol. The average molecular weight is 398 g/mol. The number of ether oxygens (including phenoxy) is 2. The summed E-state index contributed by atoms with van der Waals surface area (Å²) in [6.07, 6.45) is 2.15. The van der Waals surface area contributed by atoms with E-state index in [9.17, 15) is 0 Å². The molecule has 1 saturated heterocycles. The molecule has 2 aromatic rings. The smallest absolute Gasteiger partial charge is 0.191 e. The van der Waals surface area contributed by atoms with E-state index in [1.807, 2.05) is 24.4 Å². The standard InChI is InChI=1S/C22H31N5O2/c1-4-23-22(25-13-18-6-5-7-20(12-18)28-3)26-15-19-8-9-21(24-14-19)27-10-11-29-17(2)16-27/h5-9,12,14,17H,4,10-11,13,15-16H2,1-3H3,(H2,23,25,26). The van der Waals surface area contributed by atoms with Crippen molar-refractivity contribution in [3.05, 3.63) is 53.7 Å². The van der Waals surface area contributed by atoms with Gasteiger partial charge in [-0.3, -0.25) is 0 Å². The van der Waals surface area contributed by atoms with Gasteiger partial charge in [0, 0.05) is 32.4 Å². The van der Waals surface area contributed by atoms with Crippen LogP contribution in [-0.4, -0.2) is 50.4 Å². The van der Waals surface area contributed by atoms with E-state index in [4.69, 9.17) is 9.47 Å². The Kier molecular flexibility index (Phi) is 7.69. The molecule has 1 aromatic heterocycles. The van der Waals surface area contributed by atoms with E-state index in [0.717, 1.165) is 54.9 Å². The Morgan fingerprint density at radius 2 is 2.17 bits per heavy atom. The van der Waals surface area contributed by atoms with Gasteiger partial charge in [-0.05, 0) is 43.2 Å². The van der Waals surface area contributed by atoms with Crippen LogP contribution in [0.5, 0.6) is 5.75 Å². The van der Waals surface area contributed by atoms with Crippen molar-refractivity contribution >= 4 is 11.8 Å². The summed E-state index contributed by atoms with van der Waals surface area (Å²) in [4.78, 5) is 11.6. The third-order valence-electron chi connectivity index (χ3n) is 4.73. The number of guanidine groups is 1. The molecule has 0 amide bonds. The molecule has 1 aliphatic heterocycles. The summed E-state index contributed by atoms with van der Waals surface area (Å²) >= 11 is 0. The molecule has 0 bridgehead atoms. The van der Waals surface area contributed by atoms with E-state index in [0.29, 0.717) is 13.1 Å². The number of hydrogen-bond donors (Lipinski definition) is 2. The molecular weight excluding hydrogens is 366 g/mol. The van der Waals surface area contributed by atoms with Gasteiger partial charge in [0.1, 0.15) is 11.6 Å².